The van der Waals surface area contributed by atoms with Crippen LogP contribution in [0.25, 0.3) is 0 Å². The first kappa shape index (κ1) is 28.5. The Kier molecular flexibility index (Phi) is 9.11. The van der Waals surface area contributed by atoms with Gasteiger partial charge in [-0.3, -0.25) is 4.79 Å². The molecule has 0 unspecified atom stereocenters. The van der Waals surface area contributed by atoms with Gasteiger partial charge in [-0.2, -0.15) is 0 Å². The molecule has 0 fully saturated rings. The van der Waals surface area contributed by atoms with Crippen molar-refractivity contribution in [3.05, 3.63) is 136 Å². The summed E-state index contributed by atoms with van der Waals surface area (Å²) in [7, 11) is 0. The van der Waals surface area contributed by atoms with E-state index in [0.29, 0.717) is 35.8 Å². The molecule has 4 aromatic rings. The normalized spacial score (nSPS) is 17.9. The van der Waals surface area contributed by atoms with E-state index in [1.807, 2.05) is 78.9 Å². The van der Waals surface area contributed by atoms with E-state index in [9.17, 15) is 9.18 Å². The fraction of sp³-hybridized carbons (Fsp3) is 0.212. The van der Waals surface area contributed by atoms with Crippen LogP contribution < -0.4 is 10.1 Å². The van der Waals surface area contributed by atoms with Gasteiger partial charge in [0.15, 0.2) is 11.6 Å². The number of rotatable bonds is 11. The summed E-state index contributed by atoms with van der Waals surface area (Å²) in [5, 5.41) is 12.0. The van der Waals surface area contributed by atoms with Gasteiger partial charge in [0, 0.05) is 36.0 Å². The zero-order chi connectivity index (χ0) is 28.7. The molecule has 0 aromatic heterocycles. The Morgan fingerprint density at radius 3 is 2.49 bits per heavy atom. The zero-order valence-electron chi connectivity index (χ0n) is 22.3. The molecule has 0 saturated heterocycles. The lowest BCUT2D eigenvalue weighted by Crippen LogP contribution is -2.49. The van der Waals surface area contributed by atoms with E-state index in [1.165, 1.54) is 12.1 Å². The zero-order valence-corrected chi connectivity index (χ0v) is 23.9. The van der Waals surface area contributed by atoms with E-state index in [4.69, 9.17) is 19.6 Å². The fourth-order valence-corrected chi connectivity index (χ4v) is 5.25. The first-order valence-corrected chi connectivity index (χ1v) is 14.2. The molecule has 1 amide bonds. The number of hydrogen-bond acceptors (Lipinski definition) is 5. The van der Waals surface area contributed by atoms with Gasteiger partial charge in [-0.25, -0.2) is 9.38 Å². The molecule has 5 rings (SSSR count). The van der Waals surface area contributed by atoms with E-state index in [0.717, 1.165) is 15.6 Å². The van der Waals surface area contributed by atoms with Gasteiger partial charge in [0.1, 0.15) is 11.6 Å². The highest BCUT2D eigenvalue weighted by Crippen LogP contribution is 2.43. The lowest BCUT2D eigenvalue weighted by molar-refractivity contribution is -0.129. The number of halogens is 2. The van der Waals surface area contributed by atoms with Gasteiger partial charge in [0.25, 0.3) is 5.91 Å². The van der Waals surface area contributed by atoms with Crippen LogP contribution in [0.1, 0.15) is 34.8 Å². The smallest absolute Gasteiger partial charge is 0.252 e. The number of amides is 1. The van der Waals surface area contributed by atoms with Crippen molar-refractivity contribution in [3.63, 3.8) is 0 Å². The minimum absolute atomic E-state index is 0.0600. The molecule has 2 atom stereocenters. The number of aliphatic hydroxyl groups is 1. The largest absolute Gasteiger partial charge is 0.494 e. The van der Waals surface area contributed by atoms with Crippen molar-refractivity contribution >= 4 is 27.7 Å². The lowest BCUT2D eigenvalue weighted by Gasteiger charge is -2.31. The maximum atomic E-state index is 14.3. The van der Waals surface area contributed by atoms with Gasteiger partial charge in [-0.05, 0) is 59.2 Å². The standard InChI is InChI=1S/C33H30BrFN2O4/c34-29-13-5-4-11-26(29)21-33(32(39)36-22-23-8-6-12-27(35)20-23)30(24-9-2-1-3-10-24)41-31(37-33)25-14-16-28(17-15-25)40-19-7-18-38/h1-6,8-17,20,30,38H,7,18-19,21-22H2,(H,36,39)/t30-,33-/m1/s1. The van der Waals surface area contributed by atoms with Gasteiger partial charge < -0.3 is 19.9 Å². The van der Waals surface area contributed by atoms with Crippen LogP contribution in [0.5, 0.6) is 5.75 Å². The van der Waals surface area contributed by atoms with Crippen LogP contribution in [0.2, 0.25) is 0 Å². The molecule has 1 aliphatic rings. The van der Waals surface area contributed by atoms with Gasteiger partial charge in [0.2, 0.25) is 5.90 Å². The number of carbonyl (C=O) groups excluding carboxylic acids is 1. The minimum Gasteiger partial charge on any atom is -0.494 e. The Balaban J connectivity index is 1.55. The molecule has 6 nitrogen and oxygen atoms in total. The van der Waals surface area contributed by atoms with E-state index in [1.54, 1.807) is 12.1 Å². The van der Waals surface area contributed by atoms with Crippen molar-refractivity contribution in [2.24, 2.45) is 4.99 Å². The van der Waals surface area contributed by atoms with Crippen LogP contribution in [0.4, 0.5) is 4.39 Å². The molecule has 0 spiro atoms. The second kappa shape index (κ2) is 13.1. The number of aliphatic hydroxyl groups excluding tert-OH is 1. The average Bonchev–Trinajstić information content (AvgIpc) is 3.38. The number of carbonyl (C=O) groups is 1. The number of nitrogens with one attached hydrogen (secondary N) is 1. The number of ether oxygens (including phenoxy) is 2. The molecule has 2 N–H and O–H groups in total. The molecular weight excluding hydrogens is 587 g/mol. The summed E-state index contributed by atoms with van der Waals surface area (Å²) in [5.74, 6) is 0.307. The minimum atomic E-state index is -1.36. The molecular formula is C33H30BrFN2O4. The van der Waals surface area contributed by atoms with Crippen LogP contribution in [0, 0.1) is 5.82 Å². The molecule has 4 aromatic carbocycles. The van der Waals surface area contributed by atoms with Gasteiger partial charge in [-0.1, -0.05) is 76.6 Å². The predicted octanol–water partition coefficient (Wildman–Crippen LogP) is 6.17. The molecule has 41 heavy (non-hydrogen) atoms. The number of benzene rings is 4. The highest BCUT2D eigenvalue weighted by molar-refractivity contribution is 9.10. The summed E-state index contributed by atoms with van der Waals surface area (Å²) in [6.07, 6.45) is 0.0757. The quantitative estimate of drug-likeness (QED) is 0.198. The van der Waals surface area contributed by atoms with Gasteiger partial charge >= 0.3 is 0 Å². The average molecular weight is 618 g/mol. The Hall–Kier alpha value is -4.01. The fourth-order valence-electron chi connectivity index (χ4n) is 4.82. The van der Waals surface area contributed by atoms with E-state index < -0.39 is 11.6 Å². The number of nitrogens with zero attached hydrogens (tertiary/aromatic N) is 1. The molecule has 210 valence electrons. The molecule has 8 heteroatoms. The van der Waals surface area contributed by atoms with Crippen molar-refractivity contribution in [3.8, 4) is 5.75 Å². The molecule has 0 saturated carbocycles. The van der Waals surface area contributed by atoms with Crippen LogP contribution in [0.15, 0.2) is 113 Å². The summed E-state index contributed by atoms with van der Waals surface area (Å²) in [6, 6.07) is 30.8. The number of aliphatic imine (C=N–C) groups is 1. The van der Waals surface area contributed by atoms with E-state index in [2.05, 4.69) is 21.2 Å². The summed E-state index contributed by atoms with van der Waals surface area (Å²) < 4.78 is 26.9. The summed E-state index contributed by atoms with van der Waals surface area (Å²) >= 11 is 3.64. The second-order valence-corrected chi connectivity index (χ2v) is 10.6. The van der Waals surface area contributed by atoms with Gasteiger partial charge in [0.05, 0.1) is 6.61 Å². The third kappa shape index (κ3) is 6.66. The van der Waals surface area contributed by atoms with Gasteiger partial charge in [-0.15, -0.1) is 0 Å². The highest BCUT2D eigenvalue weighted by Gasteiger charge is 2.53. The first-order valence-electron chi connectivity index (χ1n) is 13.4. The Labute approximate surface area is 247 Å². The molecule has 1 aliphatic heterocycles. The molecule has 0 aliphatic carbocycles. The third-order valence-electron chi connectivity index (χ3n) is 6.89. The maximum Gasteiger partial charge on any atom is 0.252 e. The topological polar surface area (TPSA) is 80.2 Å². The maximum absolute atomic E-state index is 14.3. The van der Waals surface area contributed by atoms with Crippen LogP contribution in [-0.2, 0) is 22.5 Å². The monoisotopic (exact) mass is 616 g/mol. The van der Waals surface area contributed by atoms with Crippen molar-refractivity contribution in [1.29, 1.82) is 0 Å². The summed E-state index contributed by atoms with van der Waals surface area (Å²) in [4.78, 5) is 19.3. The van der Waals surface area contributed by atoms with E-state index in [-0.39, 0.29) is 31.3 Å². The Morgan fingerprint density at radius 2 is 1.76 bits per heavy atom. The SMILES string of the molecule is O=C(NCc1cccc(F)c1)[C@]1(Cc2ccccc2Br)N=C(c2ccc(OCCCO)cc2)O[C@@H]1c1ccccc1. The summed E-state index contributed by atoms with van der Waals surface area (Å²) in [5.41, 5.74) is 1.70. The first-order chi connectivity index (χ1) is 20.0. The second-order valence-electron chi connectivity index (χ2n) is 9.78. The van der Waals surface area contributed by atoms with Crippen molar-refractivity contribution < 1.29 is 23.8 Å². The Bertz CT molecular complexity index is 1510. The highest BCUT2D eigenvalue weighted by atomic mass is 79.9. The summed E-state index contributed by atoms with van der Waals surface area (Å²) in [6.45, 7) is 0.606. The van der Waals surface area contributed by atoms with Crippen LogP contribution >= 0.6 is 15.9 Å². The van der Waals surface area contributed by atoms with Crippen LogP contribution in [0.3, 0.4) is 0 Å². The number of hydrogen-bond donors (Lipinski definition) is 2. The molecule has 0 bridgehead atoms. The van der Waals surface area contributed by atoms with E-state index >= 15 is 0 Å². The van der Waals surface area contributed by atoms with Crippen molar-refractivity contribution in [2.45, 2.75) is 31.0 Å². The van der Waals surface area contributed by atoms with Crippen molar-refractivity contribution in [2.75, 3.05) is 13.2 Å². The van der Waals surface area contributed by atoms with Crippen molar-refractivity contribution in [1.82, 2.24) is 5.32 Å². The molecule has 1 heterocycles. The lowest BCUT2D eigenvalue weighted by atomic mass is 9.82. The molecule has 0 radical (unpaired) electrons. The Morgan fingerprint density at radius 1 is 1.00 bits per heavy atom. The third-order valence-corrected chi connectivity index (χ3v) is 7.67. The van der Waals surface area contributed by atoms with Crippen LogP contribution in [-0.4, -0.2) is 35.7 Å². The predicted molar refractivity (Wildman–Crippen MR) is 159 cm³/mol.